The maximum atomic E-state index is 12.8. The molecule has 0 atom stereocenters. The second-order valence-corrected chi connectivity index (χ2v) is 7.10. The molecule has 136 valence electrons. The molecule has 1 aromatic heterocycles. The molecular formula is C19H21N3O4. The fourth-order valence-electron chi connectivity index (χ4n) is 3.61. The summed E-state index contributed by atoms with van der Waals surface area (Å²) >= 11 is 0. The Morgan fingerprint density at radius 3 is 2.73 bits per heavy atom. The van der Waals surface area contributed by atoms with Crippen LogP contribution in [0.4, 0.5) is 0 Å². The van der Waals surface area contributed by atoms with Gasteiger partial charge in [-0.05, 0) is 30.5 Å². The lowest BCUT2D eigenvalue weighted by Crippen LogP contribution is -2.48. The number of piperazine rings is 1. The van der Waals surface area contributed by atoms with Gasteiger partial charge >= 0.3 is 0 Å². The van der Waals surface area contributed by atoms with Crippen LogP contribution in [0.25, 0.3) is 0 Å². The summed E-state index contributed by atoms with van der Waals surface area (Å²) in [6.07, 6.45) is 3.59. The average molecular weight is 355 g/mol. The lowest BCUT2D eigenvalue weighted by Gasteiger charge is -2.34. The van der Waals surface area contributed by atoms with Crippen LogP contribution in [-0.4, -0.2) is 53.7 Å². The minimum absolute atomic E-state index is 0.00313. The second-order valence-electron chi connectivity index (χ2n) is 7.10. The van der Waals surface area contributed by atoms with Crippen molar-refractivity contribution in [3.05, 3.63) is 41.6 Å². The minimum Gasteiger partial charge on any atom is -0.454 e. The Balaban J connectivity index is 1.19. The van der Waals surface area contributed by atoms with E-state index in [1.54, 1.807) is 0 Å². The molecule has 0 N–H and O–H groups in total. The van der Waals surface area contributed by atoms with Gasteiger partial charge in [0, 0.05) is 38.6 Å². The van der Waals surface area contributed by atoms with Gasteiger partial charge in [0.2, 0.25) is 6.79 Å². The summed E-state index contributed by atoms with van der Waals surface area (Å²) in [5, 5.41) is 0. The van der Waals surface area contributed by atoms with Crippen LogP contribution in [0.3, 0.4) is 0 Å². The molecule has 2 fully saturated rings. The van der Waals surface area contributed by atoms with E-state index >= 15 is 0 Å². The zero-order valence-corrected chi connectivity index (χ0v) is 14.5. The smallest absolute Gasteiger partial charge is 0.276 e. The van der Waals surface area contributed by atoms with Crippen molar-refractivity contribution in [2.24, 2.45) is 0 Å². The molecule has 5 rings (SSSR count). The lowest BCUT2D eigenvalue weighted by molar-refractivity contribution is 0.0621. The van der Waals surface area contributed by atoms with Gasteiger partial charge in [-0.3, -0.25) is 9.69 Å². The molecule has 0 unspecified atom stereocenters. The fourth-order valence-corrected chi connectivity index (χ4v) is 3.61. The molecule has 1 amide bonds. The number of carbonyl (C=O) groups is 1. The first-order valence-electron chi connectivity index (χ1n) is 9.11. The highest BCUT2D eigenvalue weighted by Gasteiger charge is 2.34. The number of oxazole rings is 1. The maximum absolute atomic E-state index is 12.8. The third-order valence-corrected chi connectivity index (χ3v) is 5.25. The summed E-state index contributed by atoms with van der Waals surface area (Å²) in [6, 6.07) is 6.07. The molecular weight excluding hydrogens is 334 g/mol. The molecule has 1 aliphatic carbocycles. The molecule has 2 aromatic rings. The van der Waals surface area contributed by atoms with Crippen molar-refractivity contribution in [3.8, 4) is 11.5 Å². The van der Waals surface area contributed by atoms with E-state index in [0.29, 0.717) is 31.5 Å². The van der Waals surface area contributed by atoms with E-state index in [9.17, 15) is 4.79 Å². The maximum Gasteiger partial charge on any atom is 0.276 e. The quantitative estimate of drug-likeness (QED) is 0.838. The van der Waals surface area contributed by atoms with Crippen molar-refractivity contribution < 1.29 is 18.7 Å². The second kappa shape index (κ2) is 6.32. The van der Waals surface area contributed by atoms with Gasteiger partial charge in [-0.15, -0.1) is 0 Å². The number of nitrogens with zero attached hydrogens (tertiary/aromatic N) is 3. The molecule has 7 nitrogen and oxygen atoms in total. The number of rotatable bonds is 4. The molecule has 2 aliphatic heterocycles. The first-order chi connectivity index (χ1) is 12.8. The van der Waals surface area contributed by atoms with Gasteiger partial charge < -0.3 is 18.8 Å². The van der Waals surface area contributed by atoms with Crippen LogP contribution in [-0.2, 0) is 6.54 Å². The molecule has 3 heterocycles. The Morgan fingerprint density at radius 2 is 1.92 bits per heavy atom. The van der Waals surface area contributed by atoms with Crippen molar-refractivity contribution in [1.82, 2.24) is 14.8 Å². The Morgan fingerprint density at radius 1 is 1.12 bits per heavy atom. The first-order valence-corrected chi connectivity index (χ1v) is 9.11. The number of benzene rings is 1. The summed E-state index contributed by atoms with van der Waals surface area (Å²) in [5.74, 6) is 2.79. The molecule has 0 bridgehead atoms. The SMILES string of the molecule is O=C(c1ncoc1C1CC1)N1CCN(Cc2ccc3c(c2)OCO3)CC1. The minimum atomic E-state index is 0.00313. The van der Waals surface area contributed by atoms with Gasteiger partial charge in [-0.1, -0.05) is 6.07 Å². The van der Waals surface area contributed by atoms with Crippen LogP contribution >= 0.6 is 0 Å². The monoisotopic (exact) mass is 355 g/mol. The number of carbonyl (C=O) groups excluding carboxylic acids is 1. The number of fused-ring (bicyclic) bond motifs is 1. The number of amides is 1. The zero-order valence-electron chi connectivity index (χ0n) is 14.5. The van der Waals surface area contributed by atoms with Crippen LogP contribution in [0.15, 0.2) is 29.0 Å². The molecule has 0 radical (unpaired) electrons. The third-order valence-electron chi connectivity index (χ3n) is 5.25. The van der Waals surface area contributed by atoms with Gasteiger partial charge in [0.25, 0.3) is 5.91 Å². The highest BCUT2D eigenvalue weighted by molar-refractivity contribution is 5.93. The van der Waals surface area contributed by atoms with Gasteiger partial charge in [-0.2, -0.15) is 0 Å². The van der Waals surface area contributed by atoms with Gasteiger partial charge in [0.15, 0.2) is 23.6 Å². The molecule has 0 spiro atoms. The molecule has 1 aromatic carbocycles. The van der Waals surface area contributed by atoms with Crippen molar-refractivity contribution in [2.75, 3.05) is 33.0 Å². The molecule has 1 saturated carbocycles. The summed E-state index contributed by atoms with van der Waals surface area (Å²) in [6.45, 7) is 4.24. The topological polar surface area (TPSA) is 68.0 Å². The highest BCUT2D eigenvalue weighted by Crippen LogP contribution is 2.41. The summed E-state index contributed by atoms with van der Waals surface area (Å²) < 4.78 is 16.2. The van der Waals surface area contributed by atoms with Gasteiger partial charge in [0.1, 0.15) is 5.76 Å². The van der Waals surface area contributed by atoms with Gasteiger partial charge in [-0.25, -0.2) is 4.98 Å². The predicted molar refractivity (Wildman–Crippen MR) is 92.2 cm³/mol. The Hall–Kier alpha value is -2.54. The van der Waals surface area contributed by atoms with Crippen molar-refractivity contribution in [3.63, 3.8) is 0 Å². The molecule has 3 aliphatic rings. The Bertz CT molecular complexity index is 822. The van der Waals surface area contributed by atoms with Crippen LogP contribution < -0.4 is 9.47 Å². The standard InChI is InChI=1S/C19H21N3O4/c23-19(17-18(14-2-3-14)24-11-20-17)22-7-5-21(6-8-22)10-13-1-4-15-16(9-13)26-12-25-15/h1,4,9,11,14H,2-3,5-8,10,12H2. The van der Waals surface area contributed by atoms with Crippen LogP contribution in [0.5, 0.6) is 11.5 Å². The summed E-state index contributed by atoms with van der Waals surface area (Å²) in [4.78, 5) is 21.2. The van der Waals surface area contributed by atoms with Crippen LogP contribution in [0, 0.1) is 0 Å². The van der Waals surface area contributed by atoms with Crippen molar-refractivity contribution in [2.45, 2.75) is 25.3 Å². The molecule has 26 heavy (non-hydrogen) atoms. The van der Waals surface area contributed by atoms with E-state index in [2.05, 4.69) is 16.0 Å². The number of hydrogen-bond donors (Lipinski definition) is 0. The molecule has 1 saturated heterocycles. The van der Waals surface area contributed by atoms with Crippen molar-refractivity contribution >= 4 is 5.91 Å². The number of hydrogen-bond acceptors (Lipinski definition) is 6. The lowest BCUT2D eigenvalue weighted by atomic mass is 10.1. The van der Waals surface area contributed by atoms with E-state index in [-0.39, 0.29) is 5.91 Å². The van der Waals surface area contributed by atoms with E-state index < -0.39 is 0 Å². The largest absolute Gasteiger partial charge is 0.454 e. The molecule has 7 heteroatoms. The number of ether oxygens (including phenoxy) is 2. The van der Waals surface area contributed by atoms with Crippen LogP contribution in [0.1, 0.15) is 40.6 Å². The first kappa shape index (κ1) is 15.7. The summed E-state index contributed by atoms with van der Waals surface area (Å²) in [5.41, 5.74) is 1.71. The zero-order chi connectivity index (χ0) is 17.5. The van der Waals surface area contributed by atoms with E-state index in [1.807, 2.05) is 17.0 Å². The van der Waals surface area contributed by atoms with Crippen LogP contribution in [0.2, 0.25) is 0 Å². The van der Waals surface area contributed by atoms with E-state index in [0.717, 1.165) is 49.7 Å². The Kier molecular flexibility index (Phi) is 3.81. The van der Waals surface area contributed by atoms with E-state index in [4.69, 9.17) is 13.9 Å². The average Bonchev–Trinajstić information content (AvgIpc) is 3.20. The summed E-state index contributed by atoms with van der Waals surface area (Å²) in [7, 11) is 0. The third kappa shape index (κ3) is 2.92. The normalized spacial score (nSPS) is 19.8. The number of aromatic nitrogens is 1. The van der Waals surface area contributed by atoms with E-state index in [1.165, 1.54) is 12.0 Å². The van der Waals surface area contributed by atoms with Crippen molar-refractivity contribution in [1.29, 1.82) is 0 Å². The highest BCUT2D eigenvalue weighted by atomic mass is 16.7. The van der Waals surface area contributed by atoms with Gasteiger partial charge in [0.05, 0.1) is 0 Å². The Labute approximate surface area is 151 Å². The fraction of sp³-hybridized carbons (Fsp3) is 0.474. The predicted octanol–water partition coefficient (Wildman–Crippen LogP) is 2.24.